The second kappa shape index (κ2) is 7.25. The average Bonchev–Trinajstić information content (AvgIpc) is 2.81. The maximum absolute atomic E-state index is 12.7. The molecule has 1 heterocycles. The zero-order valence-corrected chi connectivity index (χ0v) is 12.1. The minimum atomic E-state index is -0.258. The molecule has 0 atom stereocenters. The fraction of sp³-hybridized carbons (Fsp3) is 0.385. The molecule has 20 heavy (non-hydrogen) atoms. The smallest absolute Gasteiger partial charge is 0.190 e. The number of thioether (sulfide) groups is 1. The summed E-state index contributed by atoms with van der Waals surface area (Å²) in [6.07, 6.45) is 0.868. The van der Waals surface area contributed by atoms with Gasteiger partial charge in [0.25, 0.3) is 0 Å². The lowest BCUT2D eigenvalue weighted by atomic mass is 10.3. The lowest BCUT2D eigenvalue weighted by molar-refractivity contribution is 0.318. The molecule has 7 heteroatoms. The van der Waals surface area contributed by atoms with E-state index in [0.717, 1.165) is 23.2 Å². The highest BCUT2D eigenvalue weighted by Gasteiger charge is 2.07. The molecule has 0 unspecified atom stereocenters. The van der Waals surface area contributed by atoms with Crippen molar-refractivity contribution >= 4 is 11.8 Å². The Morgan fingerprint density at radius 1 is 1.30 bits per heavy atom. The van der Waals surface area contributed by atoms with Gasteiger partial charge in [-0.2, -0.15) is 0 Å². The van der Waals surface area contributed by atoms with Crippen LogP contribution in [0.5, 0.6) is 5.75 Å². The topological polar surface area (TPSA) is 66.0 Å². The lowest BCUT2D eigenvalue weighted by Crippen LogP contribution is -2.05. The molecular weight excluding hydrogens is 279 g/mol. The minimum Gasteiger partial charge on any atom is -0.494 e. The summed E-state index contributed by atoms with van der Waals surface area (Å²) in [5.41, 5.74) is 5.54. The second-order valence-electron chi connectivity index (χ2n) is 4.17. The van der Waals surface area contributed by atoms with E-state index in [0.29, 0.717) is 18.9 Å². The highest BCUT2D eigenvalue weighted by Crippen LogP contribution is 2.17. The lowest BCUT2D eigenvalue weighted by Gasteiger charge is -2.06. The number of benzene rings is 1. The molecule has 0 bridgehead atoms. The normalized spacial score (nSPS) is 10.8. The number of nitrogens with two attached hydrogens (primary N) is 1. The number of hydrogen-bond donors (Lipinski definition) is 1. The number of nitrogens with zero attached hydrogens (tertiary/aromatic N) is 3. The van der Waals surface area contributed by atoms with Crippen molar-refractivity contribution in [1.82, 2.24) is 14.8 Å². The standard InChI is InChI=1S/C13H17FN4OS/c1-18-12(9-15)16-17-13(18)20-8-2-7-19-11-5-3-10(14)4-6-11/h3-6H,2,7-9,15H2,1H3. The van der Waals surface area contributed by atoms with Crippen LogP contribution in [0.15, 0.2) is 29.4 Å². The van der Waals surface area contributed by atoms with Gasteiger partial charge in [0.1, 0.15) is 17.4 Å². The van der Waals surface area contributed by atoms with E-state index in [1.54, 1.807) is 23.9 Å². The monoisotopic (exact) mass is 296 g/mol. The Labute approximate surface area is 121 Å². The first kappa shape index (κ1) is 14.8. The van der Waals surface area contributed by atoms with Crippen LogP contribution in [0.25, 0.3) is 0 Å². The Morgan fingerprint density at radius 3 is 2.70 bits per heavy atom. The van der Waals surface area contributed by atoms with Crippen molar-refractivity contribution < 1.29 is 9.13 Å². The number of hydrogen-bond acceptors (Lipinski definition) is 5. The highest BCUT2D eigenvalue weighted by molar-refractivity contribution is 7.99. The van der Waals surface area contributed by atoms with E-state index in [-0.39, 0.29) is 5.82 Å². The molecule has 0 saturated heterocycles. The minimum absolute atomic E-state index is 0.258. The molecule has 5 nitrogen and oxygen atoms in total. The molecular formula is C13H17FN4OS. The predicted molar refractivity (Wildman–Crippen MR) is 76.1 cm³/mol. The second-order valence-corrected chi connectivity index (χ2v) is 5.23. The van der Waals surface area contributed by atoms with E-state index in [4.69, 9.17) is 10.5 Å². The molecule has 1 aromatic heterocycles. The molecule has 0 aliphatic heterocycles. The van der Waals surface area contributed by atoms with E-state index < -0.39 is 0 Å². The zero-order valence-electron chi connectivity index (χ0n) is 11.3. The Balaban J connectivity index is 1.68. The van der Waals surface area contributed by atoms with Crippen molar-refractivity contribution in [1.29, 1.82) is 0 Å². The third-order valence-corrected chi connectivity index (χ3v) is 3.82. The van der Waals surface area contributed by atoms with Gasteiger partial charge in [-0.3, -0.25) is 0 Å². The SMILES string of the molecule is Cn1c(CN)nnc1SCCCOc1ccc(F)cc1. The number of aromatic nitrogens is 3. The van der Waals surface area contributed by atoms with Gasteiger partial charge in [0.2, 0.25) is 0 Å². The maximum atomic E-state index is 12.7. The van der Waals surface area contributed by atoms with Crippen LogP contribution in [-0.4, -0.2) is 27.1 Å². The highest BCUT2D eigenvalue weighted by atomic mass is 32.2. The molecule has 0 aliphatic carbocycles. The largest absolute Gasteiger partial charge is 0.494 e. The van der Waals surface area contributed by atoms with E-state index in [2.05, 4.69) is 10.2 Å². The summed E-state index contributed by atoms with van der Waals surface area (Å²) in [6.45, 7) is 0.970. The molecule has 0 amide bonds. The third kappa shape index (κ3) is 3.94. The summed E-state index contributed by atoms with van der Waals surface area (Å²) in [5, 5.41) is 8.91. The molecule has 2 aromatic rings. The van der Waals surface area contributed by atoms with Crippen LogP contribution in [0.2, 0.25) is 0 Å². The van der Waals surface area contributed by atoms with Crippen molar-refractivity contribution in [3.63, 3.8) is 0 Å². The predicted octanol–water partition coefficient (Wildman–Crippen LogP) is 1.97. The van der Waals surface area contributed by atoms with Gasteiger partial charge in [0.15, 0.2) is 5.16 Å². The van der Waals surface area contributed by atoms with Crippen molar-refractivity contribution in [3.05, 3.63) is 35.9 Å². The Morgan fingerprint density at radius 2 is 2.05 bits per heavy atom. The van der Waals surface area contributed by atoms with Crippen LogP contribution in [-0.2, 0) is 13.6 Å². The van der Waals surface area contributed by atoms with Gasteiger partial charge in [-0.1, -0.05) is 11.8 Å². The molecule has 2 N–H and O–H groups in total. The van der Waals surface area contributed by atoms with E-state index >= 15 is 0 Å². The summed E-state index contributed by atoms with van der Waals surface area (Å²) in [6, 6.07) is 6.02. The maximum Gasteiger partial charge on any atom is 0.190 e. The molecule has 0 fully saturated rings. The van der Waals surface area contributed by atoms with Crippen LogP contribution in [0, 0.1) is 5.82 Å². The molecule has 1 aromatic carbocycles. The summed E-state index contributed by atoms with van der Waals surface area (Å²) >= 11 is 1.61. The van der Waals surface area contributed by atoms with E-state index in [9.17, 15) is 4.39 Å². The summed E-state index contributed by atoms with van der Waals surface area (Å²) in [5.74, 6) is 2.07. The Hall–Kier alpha value is -1.60. The van der Waals surface area contributed by atoms with Crippen molar-refractivity contribution in [3.8, 4) is 5.75 Å². The molecule has 108 valence electrons. The van der Waals surface area contributed by atoms with E-state index in [1.165, 1.54) is 12.1 Å². The van der Waals surface area contributed by atoms with Crippen LogP contribution in [0.4, 0.5) is 4.39 Å². The van der Waals surface area contributed by atoms with Gasteiger partial charge in [-0.25, -0.2) is 4.39 Å². The van der Waals surface area contributed by atoms with Crippen molar-refractivity contribution in [2.45, 2.75) is 18.1 Å². The van der Waals surface area contributed by atoms with Crippen LogP contribution >= 0.6 is 11.8 Å². The van der Waals surface area contributed by atoms with Crippen LogP contribution in [0.1, 0.15) is 12.2 Å². The number of rotatable bonds is 7. The number of halogens is 1. The van der Waals surface area contributed by atoms with Gasteiger partial charge in [-0.15, -0.1) is 10.2 Å². The first-order valence-corrected chi connectivity index (χ1v) is 7.28. The average molecular weight is 296 g/mol. The molecule has 0 radical (unpaired) electrons. The molecule has 2 rings (SSSR count). The van der Waals surface area contributed by atoms with Gasteiger partial charge in [-0.05, 0) is 30.7 Å². The summed E-state index contributed by atoms with van der Waals surface area (Å²) in [4.78, 5) is 0. The first-order valence-electron chi connectivity index (χ1n) is 6.30. The van der Waals surface area contributed by atoms with E-state index in [1.807, 2.05) is 11.6 Å². The fourth-order valence-electron chi connectivity index (χ4n) is 1.59. The van der Waals surface area contributed by atoms with Gasteiger partial charge < -0.3 is 15.0 Å². The molecule has 0 saturated carbocycles. The molecule has 0 spiro atoms. The van der Waals surface area contributed by atoms with Crippen LogP contribution in [0.3, 0.4) is 0 Å². The summed E-state index contributed by atoms with van der Waals surface area (Å²) in [7, 11) is 1.90. The fourth-order valence-corrected chi connectivity index (χ4v) is 2.43. The van der Waals surface area contributed by atoms with Crippen LogP contribution < -0.4 is 10.5 Å². The Kier molecular flexibility index (Phi) is 5.37. The molecule has 0 aliphatic rings. The van der Waals surface area contributed by atoms with Gasteiger partial charge in [0.05, 0.1) is 13.2 Å². The Bertz CT molecular complexity index is 544. The van der Waals surface area contributed by atoms with Gasteiger partial charge >= 0.3 is 0 Å². The number of ether oxygens (including phenoxy) is 1. The zero-order chi connectivity index (χ0) is 14.4. The third-order valence-electron chi connectivity index (χ3n) is 2.71. The quantitative estimate of drug-likeness (QED) is 0.625. The van der Waals surface area contributed by atoms with Crippen molar-refractivity contribution in [2.24, 2.45) is 12.8 Å². The summed E-state index contributed by atoms with van der Waals surface area (Å²) < 4.78 is 20.1. The van der Waals surface area contributed by atoms with Crippen molar-refractivity contribution in [2.75, 3.05) is 12.4 Å². The first-order chi connectivity index (χ1) is 9.70. The van der Waals surface area contributed by atoms with Gasteiger partial charge in [0, 0.05) is 12.8 Å².